The number of anilines is 1. The Morgan fingerprint density at radius 3 is 2.39 bits per heavy atom. The van der Waals surface area contributed by atoms with Crippen LogP contribution in [0.25, 0.3) is 5.57 Å². The topological polar surface area (TPSA) is 66.4 Å². The molecule has 0 aliphatic rings. The lowest BCUT2D eigenvalue weighted by Crippen LogP contribution is -2.08. The van der Waals surface area contributed by atoms with Crippen LogP contribution in [0.3, 0.4) is 0 Å². The van der Waals surface area contributed by atoms with Gasteiger partial charge in [-0.3, -0.25) is 4.79 Å². The number of amides is 1. The monoisotopic (exact) mass is 245 g/mol. The van der Waals surface area contributed by atoms with Crippen molar-refractivity contribution in [1.82, 2.24) is 0 Å². The number of hydrogen-bond acceptors (Lipinski definition) is 2. The van der Waals surface area contributed by atoms with Gasteiger partial charge in [-0.25, -0.2) is 4.79 Å². The van der Waals surface area contributed by atoms with Gasteiger partial charge in [0.05, 0.1) is 0 Å². The molecule has 0 saturated heterocycles. The molecular weight excluding hydrogens is 230 g/mol. The summed E-state index contributed by atoms with van der Waals surface area (Å²) in [6.45, 7) is 5.94. The van der Waals surface area contributed by atoms with Crippen LogP contribution in [0.15, 0.2) is 43.0 Å². The molecule has 94 valence electrons. The summed E-state index contributed by atoms with van der Waals surface area (Å²) in [4.78, 5) is 21.5. The first-order chi connectivity index (χ1) is 8.52. The molecule has 0 unspecified atom stereocenters. The van der Waals surface area contributed by atoms with Gasteiger partial charge in [-0.2, -0.15) is 0 Å². The standard InChI is InChI=1S/C14H15NO3/c1-3-10(2)11-4-6-12(7-5-11)15-13(16)8-9-14(17)18/h4-9H,2-3H2,1H3,(H,15,16)(H,17,18)/b9-8-. The number of nitrogens with one attached hydrogen (secondary N) is 1. The van der Waals surface area contributed by atoms with Gasteiger partial charge in [-0.05, 0) is 29.7 Å². The number of aliphatic carboxylic acids is 1. The lowest BCUT2D eigenvalue weighted by Gasteiger charge is -2.05. The van der Waals surface area contributed by atoms with Crippen LogP contribution in [0, 0.1) is 0 Å². The fraction of sp³-hybridized carbons (Fsp3) is 0.143. The van der Waals surface area contributed by atoms with Gasteiger partial charge < -0.3 is 10.4 Å². The first-order valence-electron chi connectivity index (χ1n) is 5.53. The number of carbonyl (C=O) groups excluding carboxylic acids is 1. The molecule has 4 nitrogen and oxygen atoms in total. The average Bonchev–Trinajstić information content (AvgIpc) is 2.36. The molecule has 0 fully saturated rings. The summed E-state index contributed by atoms with van der Waals surface area (Å²) in [5, 5.41) is 10.9. The molecule has 0 aromatic heterocycles. The third-order valence-electron chi connectivity index (χ3n) is 2.36. The normalized spacial score (nSPS) is 10.3. The van der Waals surface area contributed by atoms with Gasteiger partial charge in [0.25, 0.3) is 0 Å². The van der Waals surface area contributed by atoms with Crippen LogP contribution in [-0.4, -0.2) is 17.0 Å². The van der Waals surface area contributed by atoms with Crippen molar-refractivity contribution in [3.63, 3.8) is 0 Å². The molecule has 0 aliphatic heterocycles. The van der Waals surface area contributed by atoms with Crippen LogP contribution in [0.4, 0.5) is 5.69 Å². The number of hydrogen-bond donors (Lipinski definition) is 2. The number of carboxylic acid groups (broad SMARTS) is 1. The van der Waals surface area contributed by atoms with Crippen molar-refractivity contribution >= 4 is 23.1 Å². The lowest BCUT2D eigenvalue weighted by atomic mass is 10.1. The zero-order valence-electron chi connectivity index (χ0n) is 10.1. The Bertz CT molecular complexity index is 486. The summed E-state index contributed by atoms with van der Waals surface area (Å²) >= 11 is 0. The maximum Gasteiger partial charge on any atom is 0.328 e. The highest BCUT2D eigenvalue weighted by molar-refractivity contribution is 6.02. The van der Waals surface area contributed by atoms with Gasteiger partial charge in [0.15, 0.2) is 0 Å². The van der Waals surface area contributed by atoms with Gasteiger partial charge in [0, 0.05) is 17.8 Å². The van der Waals surface area contributed by atoms with Crippen molar-refractivity contribution in [1.29, 1.82) is 0 Å². The molecule has 4 heteroatoms. The number of carboxylic acids is 1. The van der Waals surface area contributed by atoms with E-state index < -0.39 is 11.9 Å². The Morgan fingerprint density at radius 1 is 1.28 bits per heavy atom. The van der Waals surface area contributed by atoms with E-state index in [-0.39, 0.29) is 0 Å². The summed E-state index contributed by atoms with van der Waals surface area (Å²) in [6.07, 6.45) is 2.64. The van der Waals surface area contributed by atoms with E-state index in [2.05, 4.69) is 11.9 Å². The number of carbonyl (C=O) groups is 2. The predicted molar refractivity (Wildman–Crippen MR) is 71.2 cm³/mol. The third kappa shape index (κ3) is 4.25. The maximum atomic E-state index is 11.3. The molecule has 0 aliphatic carbocycles. The molecule has 0 radical (unpaired) electrons. The van der Waals surface area contributed by atoms with Crippen LogP contribution >= 0.6 is 0 Å². The van der Waals surface area contributed by atoms with E-state index >= 15 is 0 Å². The van der Waals surface area contributed by atoms with E-state index in [1.165, 1.54) is 0 Å². The van der Waals surface area contributed by atoms with Crippen molar-refractivity contribution in [2.24, 2.45) is 0 Å². The van der Waals surface area contributed by atoms with Crippen molar-refractivity contribution in [3.8, 4) is 0 Å². The SMILES string of the molecule is C=C(CC)c1ccc(NC(=O)/C=C\C(=O)O)cc1. The smallest absolute Gasteiger partial charge is 0.328 e. The van der Waals surface area contributed by atoms with E-state index in [1.807, 2.05) is 19.1 Å². The summed E-state index contributed by atoms with van der Waals surface area (Å²) in [5.41, 5.74) is 2.66. The van der Waals surface area contributed by atoms with E-state index in [0.717, 1.165) is 29.7 Å². The molecule has 1 amide bonds. The molecule has 2 N–H and O–H groups in total. The molecule has 1 aromatic carbocycles. The second-order valence-electron chi connectivity index (χ2n) is 3.70. The summed E-state index contributed by atoms with van der Waals surface area (Å²) in [7, 11) is 0. The van der Waals surface area contributed by atoms with Crippen LogP contribution < -0.4 is 5.32 Å². The molecule has 0 spiro atoms. The van der Waals surface area contributed by atoms with Gasteiger partial charge in [-0.15, -0.1) is 0 Å². The zero-order chi connectivity index (χ0) is 13.5. The minimum Gasteiger partial charge on any atom is -0.478 e. The highest BCUT2D eigenvalue weighted by Gasteiger charge is 2.00. The van der Waals surface area contributed by atoms with Gasteiger partial charge in [-0.1, -0.05) is 25.6 Å². The van der Waals surface area contributed by atoms with E-state index in [0.29, 0.717) is 5.69 Å². The second-order valence-corrected chi connectivity index (χ2v) is 3.70. The highest BCUT2D eigenvalue weighted by atomic mass is 16.4. The third-order valence-corrected chi connectivity index (χ3v) is 2.36. The number of benzene rings is 1. The van der Waals surface area contributed by atoms with Crippen molar-refractivity contribution in [3.05, 3.63) is 48.6 Å². The van der Waals surface area contributed by atoms with E-state index in [9.17, 15) is 9.59 Å². The highest BCUT2D eigenvalue weighted by Crippen LogP contribution is 2.18. The quantitative estimate of drug-likeness (QED) is 0.784. The minimum absolute atomic E-state index is 0.473. The molecule has 0 saturated carbocycles. The Balaban J connectivity index is 2.66. The second kappa shape index (κ2) is 6.39. The summed E-state index contributed by atoms with van der Waals surface area (Å²) in [5.74, 6) is -1.63. The fourth-order valence-corrected chi connectivity index (χ4v) is 1.32. The van der Waals surface area contributed by atoms with Crippen molar-refractivity contribution in [2.45, 2.75) is 13.3 Å². The zero-order valence-corrected chi connectivity index (χ0v) is 10.1. The maximum absolute atomic E-state index is 11.3. The largest absolute Gasteiger partial charge is 0.478 e. The predicted octanol–water partition coefficient (Wildman–Crippen LogP) is 2.69. The number of rotatable bonds is 5. The number of allylic oxidation sites excluding steroid dienone is 1. The van der Waals surface area contributed by atoms with Crippen molar-refractivity contribution in [2.75, 3.05) is 5.32 Å². The fourth-order valence-electron chi connectivity index (χ4n) is 1.32. The molecule has 1 rings (SSSR count). The molecule has 0 bridgehead atoms. The van der Waals surface area contributed by atoms with Crippen LogP contribution in [-0.2, 0) is 9.59 Å². The Hall–Kier alpha value is -2.36. The summed E-state index contributed by atoms with van der Waals surface area (Å²) in [6, 6.07) is 7.23. The Labute approximate surface area is 106 Å². The van der Waals surface area contributed by atoms with Gasteiger partial charge in [0.1, 0.15) is 0 Å². The van der Waals surface area contributed by atoms with Crippen LogP contribution in [0.2, 0.25) is 0 Å². The molecule has 1 aromatic rings. The Kier molecular flexibility index (Phi) is 4.87. The van der Waals surface area contributed by atoms with Crippen LogP contribution in [0.5, 0.6) is 0 Å². The first kappa shape index (κ1) is 13.7. The van der Waals surface area contributed by atoms with Crippen LogP contribution in [0.1, 0.15) is 18.9 Å². The molecular formula is C14H15NO3. The molecule has 0 atom stereocenters. The lowest BCUT2D eigenvalue weighted by molar-refractivity contribution is -0.131. The van der Waals surface area contributed by atoms with E-state index in [1.54, 1.807) is 12.1 Å². The molecule has 18 heavy (non-hydrogen) atoms. The Morgan fingerprint density at radius 2 is 1.89 bits per heavy atom. The summed E-state index contributed by atoms with van der Waals surface area (Å²) < 4.78 is 0. The molecule has 0 heterocycles. The van der Waals surface area contributed by atoms with Gasteiger partial charge >= 0.3 is 5.97 Å². The first-order valence-corrected chi connectivity index (χ1v) is 5.53. The van der Waals surface area contributed by atoms with E-state index in [4.69, 9.17) is 5.11 Å². The van der Waals surface area contributed by atoms with Crippen molar-refractivity contribution < 1.29 is 14.7 Å². The van der Waals surface area contributed by atoms with Gasteiger partial charge in [0.2, 0.25) is 5.91 Å². The average molecular weight is 245 g/mol. The minimum atomic E-state index is -1.15.